The van der Waals surface area contributed by atoms with Gasteiger partial charge in [-0.1, -0.05) is 35.3 Å². The Morgan fingerprint density at radius 1 is 1.27 bits per heavy atom. The molecular weight excluding hydrogens is 328 g/mol. The van der Waals surface area contributed by atoms with E-state index in [2.05, 4.69) is 15.5 Å². The number of hydrazone groups is 1. The van der Waals surface area contributed by atoms with Crippen molar-refractivity contribution >= 4 is 47.9 Å². The Balaban J connectivity index is 2.13. The Hall–Kier alpha value is -1.93. The van der Waals surface area contributed by atoms with Crippen LogP contribution >= 0.6 is 23.2 Å². The van der Waals surface area contributed by atoms with Gasteiger partial charge in [0, 0.05) is 5.02 Å². The minimum absolute atomic E-state index is 0.109. The molecule has 1 amide bonds. The zero-order valence-electron chi connectivity index (χ0n) is 11.1. The first-order chi connectivity index (χ1) is 10.5. The summed E-state index contributed by atoms with van der Waals surface area (Å²) in [6.45, 7) is 0. The number of carbonyl (C=O) groups is 1. The molecule has 1 aromatic carbocycles. The van der Waals surface area contributed by atoms with Crippen molar-refractivity contribution < 1.29 is 14.8 Å². The lowest BCUT2D eigenvalue weighted by Crippen LogP contribution is -2.33. The summed E-state index contributed by atoms with van der Waals surface area (Å²) in [5, 5.41) is 22.8. The predicted octanol–water partition coefficient (Wildman–Crippen LogP) is 0.832. The minimum atomic E-state index is -1.68. The van der Waals surface area contributed by atoms with Gasteiger partial charge in [0.2, 0.25) is 0 Å². The van der Waals surface area contributed by atoms with Crippen LogP contribution in [0.3, 0.4) is 0 Å². The summed E-state index contributed by atoms with van der Waals surface area (Å²) < 4.78 is 0. The topological polar surface area (TPSA) is 94.8 Å². The molecule has 0 saturated carbocycles. The summed E-state index contributed by atoms with van der Waals surface area (Å²) in [6.07, 6.45) is 1.25. The molecule has 0 saturated heterocycles. The van der Waals surface area contributed by atoms with E-state index in [1.807, 2.05) is 0 Å². The van der Waals surface area contributed by atoms with Crippen molar-refractivity contribution in [3.63, 3.8) is 0 Å². The van der Waals surface area contributed by atoms with Crippen LogP contribution in [0.15, 0.2) is 41.5 Å². The zero-order valence-corrected chi connectivity index (χ0v) is 12.6. The molecule has 0 unspecified atom stereocenters. The molecule has 0 aliphatic heterocycles. The second kappa shape index (κ2) is 7.37. The molecule has 0 radical (unpaired) electrons. The van der Waals surface area contributed by atoms with Gasteiger partial charge in [-0.3, -0.25) is 4.79 Å². The van der Waals surface area contributed by atoms with E-state index in [1.54, 1.807) is 12.1 Å². The minimum Gasteiger partial charge on any atom is -0.423 e. The lowest BCUT2D eigenvalue weighted by atomic mass is 9.77. The van der Waals surface area contributed by atoms with Crippen molar-refractivity contribution in [3.05, 3.63) is 57.8 Å². The number of hydrogen-bond donors (Lipinski definition) is 3. The largest absolute Gasteiger partial charge is 0.489 e. The van der Waals surface area contributed by atoms with E-state index in [4.69, 9.17) is 23.2 Å². The first kappa shape index (κ1) is 16.4. The van der Waals surface area contributed by atoms with E-state index < -0.39 is 13.0 Å². The number of rotatable bonds is 4. The highest BCUT2D eigenvalue weighted by molar-refractivity contribution is 6.60. The summed E-state index contributed by atoms with van der Waals surface area (Å²) in [6, 6.07) is 9.08. The van der Waals surface area contributed by atoms with Crippen LogP contribution in [0, 0.1) is 0 Å². The number of halogens is 2. The number of aromatic nitrogens is 1. The van der Waals surface area contributed by atoms with Gasteiger partial charge in [0.25, 0.3) is 5.91 Å². The number of nitrogens with zero attached hydrogens (tertiary/aromatic N) is 2. The maximum Gasteiger partial charge on any atom is 0.489 e. The summed E-state index contributed by atoms with van der Waals surface area (Å²) in [7, 11) is -1.68. The Morgan fingerprint density at radius 3 is 2.73 bits per heavy atom. The van der Waals surface area contributed by atoms with Crippen molar-refractivity contribution in [1.82, 2.24) is 10.4 Å². The van der Waals surface area contributed by atoms with Gasteiger partial charge in [-0.05, 0) is 35.3 Å². The Kier molecular flexibility index (Phi) is 5.51. The molecule has 2 rings (SSSR count). The summed E-state index contributed by atoms with van der Waals surface area (Å²) >= 11 is 11.5. The van der Waals surface area contributed by atoms with Crippen LogP contribution in [0.2, 0.25) is 10.2 Å². The molecular formula is C13H10BCl2N3O3. The molecule has 112 valence electrons. The fourth-order valence-corrected chi connectivity index (χ4v) is 1.99. The highest BCUT2D eigenvalue weighted by atomic mass is 35.5. The van der Waals surface area contributed by atoms with Gasteiger partial charge in [0.15, 0.2) is 0 Å². The fraction of sp³-hybridized carbons (Fsp3) is 0. The average Bonchev–Trinajstić information content (AvgIpc) is 2.47. The van der Waals surface area contributed by atoms with Gasteiger partial charge >= 0.3 is 7.12 Å². The van der Waals surface area contributed by atoms with E-state index in [0.29, 0.717) is 10.6 Å². The van der Waals surface area contributed by atoms with Gasteiger partial charge < -0.3 is 10.0 Å². The van der Waals surface area contributed by atoms with Crippen LogP contribution in [0.5, 0.6) is 0 Å². The molecule has 0 fully saturated rings. The molecule has 0 aliphatic carbocycles. The number of hydrogen-bond acceptors (Lipinski definition) is 5. The molecule has 0 atom stereocenters. The number of carbonyl (C=O) groups excluding carboxylic acids is 1. The molecule has 22 heavy (non-hydrogen) atoms. The maximum absolute atomic E-state index is 11.8. The molecule has 9 heteroatoms. The van der Waals surface area contributed by atoms with Crippen LogP contribution < -0.4 is 10.9 Å². The highest BCUT2D eigenvalue weighted by Crippen LogP contribution is 2.08. The summed E-state index contributed by atoms with van der Waals surface area (Å²) in [5.41, 5.74) is 2.95. The molecule has 6 nitrogen and oxygen atoms in total. The van der Waals surface area contributed by atoms with Crippen molar-refractivity contribution in [2.75, 3.05) is 0 Å². The Bertz CT molecular complexity index is 725. The standard InChI is InChI=1S/C13H10BCl2N3O3/c15-9-4-5-10(14(21)22)8(6-9)7-17-19-13(20)11-2-1-3-12(16)18-11/h1-7,21-22H,(H,19,20)/b17-7-. The monoisotopic (exact) mass is 337 g/mol. The van der Waals surface area contributed by atoms with Crippen molar-refractivity contribution in [2.24, 2.45) is 5.10 Å². The third kappa shape index (κ3) is 4.28. The summed E-state index contributed by atoms with van der Waals surface area (Å²) in [5.74, 6) is -0.549. The van der Waals surface area contributed by atoms with Gasteiger partial charge in [0.1, 0.15) is 10.8 Å². The van der Waals surface area contributed by atoms with Gasteiger partial charge in [-0.2, -0.15) is 5.10 Å². The average molecular weight is 338 g/mol. The lowest BCUT2D eigenvalue weighted by molar-refractivity contribution is 0.0950. The van der Waals surface area contributed by atoms with Crippen LogP contribution in [-0.4, -0.2) is 34.3 Å². The van der Waals surface area contributed by atoms with Crippen molar-refractivity contribution in [1.29, 1.82) is 0 Å². The van der Waals surface area contributed by atoms with E-state index in [0.717, 1.165) is 0 Å². The van der Waals surface area contributed by atoms with Gasteiger partial charge in [-0.25, -0.2) is 10.4 Å². The number of benzene rings is 1. The van der Waals surface area contributed by atoms with Crippen molar-refractivity contribution in [3.8, 4) is 0 Å². The smallest absolute Gasteiger partial charge is 0.423 e. The van der Waals surface area contributed by atoms with Gasteiger partial charge in [0.05, 0.1) is 6.21 Å². The molecule has 2 aromatic rings. The SMILES string of the molecule is O=C(N/N=C\c1cc(Cl)ccc1B(O)O)c1cccc(Cl)n1. The van der Waals surface area contributed by atoms with Crippen LogP contribution in [0.25, 0.3) is 0 Å². The van der Waals surface area contributed by atoms with E-state index in [9.17, 15) is 14.8 Å². The molecule has 1 heterocycles. The Labute approximate surface area is 136 Å². The first-order valence-corrected chi connectivity index (χ1v) is 6.84. The normalized spacial score (nSPS) is 10.7. The van der Waals surface area contributed by atoms with Crippen molar-refractivity contribution in [2.45, 2.75) is 0 Å². The third-order valence-electron chi connectivity index (χ3n) is 2.64. The van der Waals surface area contributed by atoms with E-state index in [1.165, 1.54) is 30.5 Å². The summed E-state index contributed by atoms with van der Waals surface area (Å²) in [4.78, 5) is 15.6. The molecule has 3 N–H and O–H groups in total. The zero-order chi connectivity index (χ0) is 16.1. The number of nitrogens with one attached hydrogen (secondary N) is 1. The predicted molar refractivity (Wildman–Crippen MR) is 85.6 cm³/mol. The van der Waals surface area contributed by atoms with Gasteiger partial charge in [-0.15, -0.1) is 0 Å². The second-order valence-corrected chi connectivity index (χ2v) is 5.02. The van der Waals surface area contributed by atoms with Crippen LogP contribution in [-0.2, 0) is 0 Å². The molecule has 0 aliphatic rings. The number of amides is 1. The van der Waals surface area contributed by atoms with Crippen LogP contribution in [0.1, 0.15) is 16.1 Å². The van der Waals surface area contributed by atoms with E-state index >= 15 is 0 Å². The van der Waals surface area contributed by atoms with E-state index in [-0.39, 0.29) is 16.3 Å². The first-order valence-electron chi connectivity index (χ1n) is 6.09. The fourth-order valence-electron chi connectivity index (χ4n) is 1.64. The molecule has 0 bridgehead atoms. The lowest BCUT2D eigenvalue weighted by Gasteiger charge is -2.05. The quantitative estimate of drug-likeness (QED) is 0.333. The molecule has 1 aromatic heterocycles. The maximum atomic E-state index is 11.8. The third-order valence-corrected chi connectivity index (χ3v) is 3.09. The van der Waals surface area contributed by atoms with Crippen LogP contribution in [0.4, 0.5) is 0 Å². The Morgan fingerprint density at radius 2 is 2.05 bits per heavy atom. The number of pyridine rings is 1. The highest BCUT2D eigenvalue weighted by Gasteiger charge is 2.15. The molecule has 0 spiro atoms. The second-order valence-electron chi connectivity index (χ2n) is 4.19.